The van der Waals surface area contributed by atoms with Crippen LogP contribution in [0.2, 0.25) is 0 Å². The fraction of sp³-hybridized carbons (Fsp3) is 0.250. The predicted molar refractivity (Wildman–Crippen MR) is 47.9 cm³/mol. The van der Waals surface area contributed by atoms with E-state index in [1.165, 1.54) is 4.68 Å². The minimum Gasteiger partial charge on any atom is -0.469 e. The maximum absolute atomic E-state index is 5.54. The Bertz CT molecular complexity index is 410. The first-order valence-electron chi connectivity index (χ1n) is 3.89. The van der Waals surface area contributed by atoms with Gasteiger partial charge in [-0.1, -0.05) is 0 Å². The summed E-state index contributed by atoms with van der Waals surface area (Å²) in [4.78, 5) is 4.06. The molecule has 2 heterocycles. The van der Waals surface area contributed by atoms with Gasteiger partial charge in [-0.05, 0) is 13.0 Å². The van der Waals surface area contributed by atoms with Crippen LogP contribution in [-0.4, -0.2) is 14.8 Å². The van der Waals surface area contributed by atoms with Gasteiger partial charge in [0.25, 0.3) is 0 Å². The first-order chi connectivity index (χ1) is 6.16. The molecule has 0 fully saturated rings. The summed E-state index contributed by atoms with van der Waals surface area (Å²) in [5.41, 5.74) is 6.40. The van der Waals surface area contributed by atoms with Crippen LogP contribution in [0.1, 0.15) is 5.76 Å². The van der Waals surface area contributed by atoms with Crippen LogP contribution in [-0.2, 0) is 7.05 Å². The van der Waals surface area contributed by atoms with E-state index < -0.39 is 0 Å². The monoisotopic (exact) mass is 178 g/mol. The van der Waals surface area contributed by atoms with Gasteiger partial charge in [-0.3, -0.25) is 0 Å². The van der Waals surface area contributed by atoms with E-state index >= 15 is 0 Å². The molecule has 68 valence electrons. The number of hydrogen-bond acceptors (Lipinski definition) is 4. The topological polar surface area (TPSA) is 69.9 Å². The van der Waals surface area contributed by atoms with Crippen LogP contribution in [0.25, 0.3) is 11.4 Å². The molecule has 0 radical (unpaired) electrons. The van der Waals surface area contributed by atoms with E-state index in [9.17, 15) is 0 Å². The average molecular weight is 178 g/mol. The molecule has 5 nitrogen and oxygen atoms in total. The highest BCUT2D eigenvalue weighted by molar-refractivity contribution is 5.54. The van der Waals surface area contributed by atoms with Gasteiger partial charge in [0.1, 0.15) is 12.0 Å². The number of nitrogen functional groups attached to an aromatic ring is 1. The van der Waals surface area contributed by atoms with Crippen molar-refractivity contribution in [1.29, 1.82) is 0 Å². The zero-order chi connectivity index (χ0) is 9.42. The Morgan fingerprint density at radius 2 is 2.31 bits per heavy atom. The van der Waals surface area contributed by atoms with Crippen LogP contribution >= 0.6 is 0 Å². The largest absolute Gasteiger partial charge is 0.469 e. The van der Waals surface area contributed by atoms with Crippen molar-refractivity contribution in [2.45, 2.75) is 6.92 Å². The molecule has 0 saturated carbocycles. The zero-order valence-corrected chi connectivity index (χ0v) is 7.48. The fourth-order valence-electron chi connectivity index (χ4n) is 1.08. The smallest absolute Gasteiger partial charge is 0.218 e. The summed E-state index contributed by atoms with van der Waals surface area (Å²) in [6.45, 7) is 1.87. The maximum atomic E-state index is 5.54. The normalized spacial score (nSPS) is 10.6. The molecule has 2 rings (SSSR count). The summed E-state index contributed by atoms with van der Waals surface area (Å²) in [6, 6.07) is 1.87. The molecular formula is C8H10N4O. The zero-order valence-electron chi connectivity index (χ0n) is 7.48. The number of nitrogens with zero attached hydrogens (tertiary/aromatic N) is 3. The van der Waals surface area contributed by atoms with Crippen molar-refractivity contribution in [2.24, 2.45) is 7.05 Å². The van der Waals surface area contributed by atoms with Crippen molar-refractivity contribution < 1.29 is 4.42 Å². The molecule has 5 heteroatoms. The van der Waals surface area contributed by atoms with E-state index in [-0.39, 0.29) is 0 Å². The summed E-state index contributed by atoms with van der Waals surface area (Å²) in [7, 11) is 1.75. The summed E-state index contributed by atoms with van der Waals surface area (Å²) < 4.78 is 6.66. The average Bonchev–Trinajstić information content (AvgIpc) is 2.61. The molecule has 0 saturated heterocycles. The summed E-state index contributed by atoms with van der Waals surface area (Å²) in [5.74, 6) is 1.83. The van der Waals surface area contributed by atoms with Crippen molar-refractivity contribution in [3.63, 3.8) is 0 Å². The van der Waals surface area contributed by atoms with Gasteiger partial charge < -0.3 is 10.2 Å². The van der Waals surface area contributed by atoms with Gasteiger partial charge in [0.15, 0.2) is 5.82 Å². The quantitative estimate of drug-likeness (QED) is 0.706. The highest BCUT2D eigenvalue weighted by Crippen LogP contribution is 2.18. The Morgan fingerprint density at radius 3 is 2.77 bits per heavy atom. The van der Waals surface area contributed by atoms with Crippen LogP contribution in [0, 0.1) is 6.92 Å². The number of rotatable bonds is 1. The van der Waals surface area contributed by atoms with Gasteiger partial charge in [0, 0.05) is 7.05 Å². The number of anilines is 1. The molecule has 0 atom stereocenters. The molecule has 0 spiro atoms. The van der Waals surface area contributed by atoms with E-state index in [0.717, 1.165) is 11.3 Å². The number of furan rings is 1. The van der Waals surface area contributed by atoms with Crippen LogP contribution in [0.4, 0.5) is 5.95 Å². The lowest BCUT2D eigenvalue weighted by molar-refractivity contribution is 0.534. The molecule has 0 aromatic carbocycles. The van der Waals surface area contributed by atoms with Gasteiger partial charge in [-0.25, -0.2) is 4.68 Å². The Hall–Kier alpha value is -1.78. The van der Waals surface area contributed by atoms with Gasteiger partial charge in [0.2, 0.25) is 5.95 Å². The molecular weight excluding hydrogens is 168 g/mol. The van der Waals surface area contributed by atoms with Crippen LogP contribution in [0.3, 0.4) is 0 Å². The van der Waals surface area contributed by atoms with E-state index in [4.69, 9.17) is 10.2 Å². The van der Waals surface area contributed by atoms with Crippen LogP contribution in [0.5, 0.6) is 0 Å². The molecule has 0 bridgehead atoms. The predicted octanol–water partition coefficient (Wildman–Crippen LogP) is 0.966. The minimum atomic E-state index is 0.397. The second-order valence-corrected chi connectivity index (χ2v) is 2.86. The van der Waals surface area contributed by atoms with E-state index in [2.05, 4.69) is 10.1 Å². The second kappa shape index (κ2) is 2.62. The highest BCUT2D eigenvalue weighted by Gasteiger charge is 2.08. The molecule has 0 unspecified atom stereocenters. The van der Waals surface area contributed by atoms with Gasteiger partial charge in [-0.15, -0.1) is 5.10 Å². The standard InChI is InChI=1S/C8H10N4O/c1-5-3-6(4-13-5)7-10-8(9)12(2)11-7/h3-4H,1-2H3,(H2,9,10,11). The van der Waals surface area contributed by atoms with Crippen molar-refractivity contribution in [2.75, 3.05) is 5.73 Å². The third kappa shape index (κ3) is 1.28. The maximum Gasteiger partial charge on any atom is 0.218 e. The van der Waals surface area contributed by atoms with Crippen LogP contribution < -0.4 is 5.73 Å². The van der Waals surface area contributed by atoms with Gasteiger partial charge in [0.05, 0.1) is 5.56 Å². The second-order valence-electron chi connectivity index (χ2n) is 2.86. The van der Waals surface area contributed by atoms with E-state index in [1.807, 2.05) is 13.0 Å². The molecule has 0 aliphatic carbocycles. The third-order valence-corrected chi connectivity index (χ3v) is 1.79. The fourth-order valence-corrected chi connectivity index (χ4v) is 1.08. The van der Waals surface area contributed by atoms with Crippen molar-refractivity contribution in [3.05, 3.63) is 18.1 Å². The minimum absolute atomic E-state index is 0.397. The molecule has 0 aliphatic heterocycles. The number of aromatic nitrogens is 3. The van der Waals surface area contributed by atoms with Crippen molar-refractivity contribution >= 4 is 5.95 Å². The summed E-state index contributed by atoms with van der Waals surface area (Å²) >= 11 is 0. The summed E-state index contributed by atoms with van der Waals surface area (Å²) in [6.07, 6.45) is 1.62. The Kier molecular flexibility index (Phi) is 1.58. The first kappa shape index (κ1) is 7.85. The lowest BCUT2D eigenvalue weighted by Crippen LogP contribution is -1.97. The van der Waals surface area contributed by atoms with Crippen molar-refractivity contribution in [3.8, 4) is 11.4 Å². The Labute approximate surface area is 75.2 Å². The lowest BCUT2D eigenvalue weighted by Gasteiger charge is -1.85. The molecule has 0 aliphatic rings. The van der Waals surface area contributed by atoms with Crippen LogP contribution in [0.15, 0.2) is 16.7 Å². The SMILES string of the molecule is Cc1cc(-c2nc(N)n(C)n2)co1. The number of nitrogens with two attached hydrogens (primary N) is 1. The summed E-state index contributed by atoms with van der Waals surface area (Å²) in [5, 5.41) is 4.11. The van der Waals surface area contributed by atoms with E-state index in [1.54, 1.807) is 13.3 Å². The molecule has 2 aromatic rings. The lowest BCUT2D eigenvalue weighted by atomic mass is 10.3. The molecule has 2 N–H and O–H groups in total. The Balaban J connectivity index is 2.46. The van der Waals surface area contributed by atoms with E-state index in [0.29, 0.717) is 11.8 Å². The highest BCUT2D eigenvalue weighted by atomic mass is 16.3. The number of aryl methyl sites for hydroxylation is 2. The molecule has 2 aromatic heterocycles. The van der Waals surface area contributed by atoms with Gasteiger partial charge >= 0.3 is 0 Å². The van der Waals surface area contributed by atoms with Gasteiger partial charge in [-0.2, -0.15) is 4.98 Å². The Morgan fingerprint density at radius 1 is 1.54 bits per heavy atom. The molecule has 13 heavy (non-hydrogen) atoms. The number of hydrogen-bond donors (Lipinski definition) is 1. The van der Waals surface area contributed by atoms with Crippen molar-refractivity contribution in [1.82, 2.24) is 14.8 Å². The first-order valence-corrected chi connectivity index (χ1v) is 3.89. The third-order valence-electron chi connectivity index (χ3n) is 1.79. The molecule has 0 amide bonds.